The molecule has 4 rings (SSSR count). The number of aromatic carboxylic acids is 1. The molecule has 2 atom stereocenters. The Morgan fingerprint density at radius 3 is 2.63 bits per heavy atom. The van der Waals surface area contributed by atoms with Crippen LogP contribution in [0.3, 0.4) is 0 Å². The van der Waals surface area contributed by atoms with Gasteiger partial charge in [-0.2, -0.15) is 0 Å². The van der Waals surface area contributed by atoms with Crippen LogP contribution in [0.1, 0.15) is 33.7 Å². The molecule has 35 heavy (non-hydrogen) atoms. The molecule has 1 aliphatic rings. The molecule has 3 aromatic rings. The van der Waals surface area contributed by atoms with E-state index in [9.17, 15) is 19.1 Å². The Balaban J connectivity index is 1.81. The van der Waals surface area contributed by atoms with Gasteiger partial charge in [-0.25, -0.2) is 14.2 Å². The molecule has 182 valence electrons. The summed E-state index contributed by atoms with van der Waals surface area (Å²) in [5.41, 5.74) is 7.20. The lowest BCUT2D eigenvalue weighted by Crippen LogP contribution is -2.40. The number of amides is 1. The van der Waals surface area contributed by atoms with E-state index in [2.05, 4.69) is 10.3 Å². The van der Waals surface area contributed by atoms with Gasteiger partial charge in [0, 0.05) is 12.7 Å². The van der Waals surface area contributed by atoms with Crippen LogP contribution in [0.2, 0.25) is 0 Å². The fourth-order valence-corrected chi connectivity index (χ4v) is 4.07. The van der Waals surface area contributed by atoms with Crippen LogP contribution < -0.4 is 20.7 Å². The number of hydrogen-bond donors (Lipinski definition) is 3. The normalized spacial score (nSPS) is 15.4. The van der Waals surface area contributed by atoms with Crippen LogP contribution in [0.25, 0.3) is 0 Å². The van der Waals surface area contributed by atoms with Crippen LogP contribution >= 0.6 is 0 Å². The molecule has 2 heterocycles. The highest BCUT2D eigenvalue weighted by Crippen LogP contribution is 2.47. The molecule has 10 heteroatoms. The highest BCUT2D eigenvalue weighted by molar-refractivity contribution is 6.01. The van der Waals surface area contributed by atoms with Gasteiger partial charge >= 0.3 is 5.97 Å². The summed E-state index contributed by atoms with van der Waals surface area (Å²) in [5.74, 6) is -1.47. The van der Waals surface area contributed by atoms with Gasteiger partial charge in [0.2, 0.25) is 5.91 Å². The van der Waals surface area contributed by atoms with Crippen LogP contribution in [-0.2, 0) is 4.79 Å². The van der Waals surface area contributed by atoms with E-state index in [4.69, 9.17) is 10.5 Å². The van der Waals surface area contributed by atoms with Crippen LogP contribution in [0.15, 0.2) is 60.8 Å². The van der Waals surface area contributed by atoms with E-state index in [1.165, 1.54) is 24.4 Å². The lowest BCUT2D eigenvalue weighted by atomic mass is 10.0. The number of aromatic nitrogens is 1. The Labute approximate surface area is 201 Å². The maximum atomic E-state index is 13.6. The number of likely N-dealkylation sites (N-methyl/N-ethyl adjacent to an activating group) is 1. The third-order valence-electron chi connectivity index (χ3n) is 5.68. The van der Waals surface area contributed by atoms with E-state index >= 15 is 0 Å². The van der Waals surface area contributed by atoms with Gasteiger partial charge in [-0.15, -0.1) is 0 Å². The van der Waals surface area contributed by atoms with Crippen molar-refractivity contribution in [3.63, 3.8) is 0 Å². The van der Waals surface area contributed by atoms with Gasteiger partial charge in [0.15, 0.2) is 5.82 Å². The largest absolute Gasteiger partial charge is 0.492 e. The van der Waals surface area contributed by atoms with Crippen molar-refractivity contribution in [3.8, 4) is 5.75 Å². The maximum absolute atomic E-state index is 13.6. The third kappa shape index (κ3) is 5.02. The molecular formula is C25H26FN5O4. The lowest BCUT2D eigenvalue weighted by molar-refractivity contribution is -0.119. The quantitative estimate of drug-likeness (QED) is 0.428. The Bertz CT molecular complexity index is 1230. The average molecular weight is 480 g/mol. The summed E-state index contributed by atoms with van der Waals surface area (Å²) >= 11 is 0. The molecule has 1 aliphatic heterocycles. The summed E-state index contributed by atoms with van der Waals surface area (Å²) in [6, 6.07) is 13.0. The highest BCUT2D eigenvalue weighted by atomic mass is 19.1. The first kappa shape index (κ1) is 24.0. The second-order valence-electron chi connectivity index (χ2n) is 8.40. The molecule has 2 aromatic carbocycles. The Hall–Kier alpha value is -4.18. The zero-order chi connectivity index (χ0) is 25.1. The van der Waals surface area contributed by atoms with E-state index in [1.807, 2.05) is 19.0 Å². The number of carbonyl (C=O) groups excluding carboxylic acids is 1. The third-order valence-corrected chi connectivity index (χ3v) is 5.68. The standard InChI is InChI=1S/C25H26FN5O4/c1-30(2)12-13-35-18-5-3-4-16(14-18)20(22(27)32)31-21-19(25(33)34)10-11-28-23(21)29-24(31)15-6-8-17(26)9-7-15/h3-11,14,20,24H,12-13H2,1-2H3,(H2,27,32)(H,28,29)(H,33,34). The van der Waals surface area contributed by atoms with Crippen molar-refractivity contribution in [2.45, 2.75) is 12.2 Å². The number of nitrogens with zero attached hydrogens (tertiary/aromatic N) is 3. The number of pyridine rings is 1. The van der Waals surface area contributed by atoms with Gasteiger partial charge in [0.05, 0.1) is 11.3 Å². The van der Waals surface area contributed by atoms with Gasteiger partial charge in [0.1, 0.15) is 30.4 Å². The summed E-state index contributed by atoms with van der Waals surface area (Å²) in [6.45, 7) is 1.14. The number of ether oxygens (including phenoxy) is 1. The SMILES string of the molecule is CN(C)CCOc1cccc(C(C(N)=O)N2c3c(C(=O)O)ccnc3NC2c2ccc(F)cc2)c1. The minimum absolute atomic E-state index is 0.0447. The summed E-state index contributed by atoms with van der Waals surface area (Å²) in [7, 11) is 3.87. The van der Waals surface area contributed by atoms with Gasteiger partial charge in [-0.05, 0) is 55.6 Å². The smallest absolute Gasteiger partial charge is 0.338 e. The van der Waals surface area contributed by atoms with E-state index in [1.54, 1.807) is 41.3 Å². The van der Waals surface area contributed by atoms with Crippen molar-refractivity contribution < 1.29 is 23.8 Å². The first-order chi connectivity index (χ1) is 16.8. The molecule has 4 N–H and O–H groups in total. The number of fused-ring (bicyclic) bond motifs is 1. The highest BCUT2D eigenvalue weighted by Gasteiger charge is 2.41. The molecule has 1 aromatic heterocycles. The molecule has 0 bridgehead atoms. The van der Waals surface area contributed by atoms with Crippen molar-refractivity contribution in [1.29, 1.82) is 0 Å². The number of hydrogen-bond acceptors (Lipinski definition) is 7. The second kappa shape index (κ2) is 9.98. The lowest BCUT2D eigenvalue weighted by Gasteiger charge is -2.34. The van der Waals surface area contributed by atoms with Crippen molar-refractivity contribution in [3.05, 3.63) is 83.3 Å². The number of benzene rings is 2. The van der Waals surface area contributed by atoms with Gasteiger partial charge in [-0.1, -0.05) is 24.3 Å². The van der Waals surface area contributed by atoms with E-state index in [0.29, 0.717) is 30.0 Å². The number of primary amides is 1. The number of rotatable bonds is 9. The molecule has 0 aliphatic carbocycles. The molecule has 9 nitrogen and oxygen atoms in total. The number of anilines is 2. The number of halogens is 1. The number of nitrogens with one attached hydrogen (secondary N) is 1. The molecule has 2 unspecified atom stereocenters. The maximum Gasteiger partial charge on any atom is 0.338 e. The van der Waals surface area contributed by atoms with E-state index in [0.717, 1.165) is 0 Å². The fourth-order valence-electron chi connectivity index (χ4n) is 4.07. The monoisotopic (exact) mass is 479 g/mol. The minimum atomic E-state index is -1.18. The van der Waals surface area contributed by atoms with E-state index in [-0.39, 0.29) is 17.1 Å². The first-order valence-electron chi connectivity index (χ1n) is 11.0. The fraction of sp³-hybridized carbons (Fsp3) is 0.240. The Morgan fingerprint density at radius 2 is 1.97 bits per heavy atom. The summed E-state index contributed by atoms with van der Waals surface area (Å²) in [5, 5.41) is 13.0. The molecular weight excluding hydrogens is 453 g/mol. The number of carbonyl (C=O) groups is 2. The van der Waals surface area contributed by atoms with Crippen LogP contribution in [0.4, 0.5) is 15.9 Å². The predicted octanol–water partition coefficient (Wildman–Crippen LogP) is 3.02. The second-order valence-corrected chi connectivity index (χ2v) is 8.40. The van der Waals surface area contributed by atoms with Gasteiger partial charge in [0.25, 0.3) is 0 Å². The van der Waals surface area contributed by atoms with Crippen molar-refractivity contribution >= 4 is 23.4 Å². The Morgan fingerprint density at radius 1 is 1.23 bits per heavy atom. The van der Waals surface area contributed by atoms with Crippen LogP contribution in [-0.4, -0.2) is 54.1 Å². The number of carboxylic acids is 1. The van der Waals surface area contributed by atoms with Gasteiger partial charge < -0.3 is 30.7 Å². The molecule has 0 radical (unpaired) electrons. The zero-order valence-electron chi connectivity index (χ0n) is 19.3. The Kier molecular flexibility index (Phi) is 6.83. The summed E-state index contributed by atoms with van der Waals surface area (Å²) in [6.07, 6.45) is 0.647. The van der Waals surface area contributed by atoms with Crippen LogP contribution in [0, 0.1) is 5.82 Å². The molecule has 0 saturated heterocycles. The zero-order valence-corrected chi connectivity index (χ0v) is 19.3. The van der Waals surface area contributed by atoms with Crippen LogP contribution in [0.5, 0.6) is 5.75 Å². The summed E-state index contributed by atoms with van der Waals surface area (Å²) in [4.78, 5) is 32.8. The number of nitrogens with two attached hydrogens (primary N) is 1. The first-order valence-corrected chi connectivity index (χ1v) is 11.0. The van der Waals surface area contributed by atoms with Crippen molar-refractivity contribution in [2.75, 3.05) is 37.5 Å². The topological polar surface area (TPSA) is 121 Å². The van der Waals surface area contributed by atoms with Crippen molar-refractivity contribution in [2.24, 2.45) is 5.73 Å². The molecule has 0 fully saturated rings. The number of carboxylic acid groups (broad SMARTS) is 1. The van der Waals surface area contributed by atoms with E-state index < -0.39 is 29.9 Å². The molecule has 0 saturated carbocycles. The molecule has 1 amide bonds. The van der Waals surface area contributed by atoms with Gasteiger partial charge in [-0.3, -0.25) is 4.79 Å². The average Bonchev–Trinajstić information content (AvgIpc) is 3.19. The minimum Gasteiger partial charge on any atom is -0.492 e. The molecule has 0 spiro atoms. The predicted molar refractivity (Wildman–Crippen MR) is 129 cm³/mol. The summed E-state index contributed by atoms with van der Waals surface area (Å²) < 4.78 is 19.5. The van der Waals surface area contributed by atoms with Crippen molar-refractivity contribution in [1.82, 2.24) is 9.88 Å².